The van der Waals surface area contributed by atoms with Gasteiger partial charge in [-0.05, 0) is 64.6 Å². The minimum Gasteiger partial charge on any atom is -0.489 e. The molecule has 2 amide bonds. The molecule has 0 spiro atoms. The van der Waals surface area contributed by atoms with Gasteiger partial charge in [-0.3, -0.25) is 13.9 Å². The van der Waals surface area contributed by atoms with Gasteiger partial charge in [-0.25, -0.2) is 9.69 Å². The van der Waals surface area contributed by atoms with Gasteiger partial charge in [0, 0.05) is 42.6 Å². The molecule has 1 rings (SSSR count). The van der Waals surface area contributed by atoms with E-state index in [1.54, 1.807) is 27.7 Å². The maximum Gasteiger partial charge on any atom is 0.422 e. The van der Waals surface area contributed by atoms with Crippen molar-refractivity contribution in [2.75, 3.05) is 51.0 Å². The number of ether oxygens (including phenoxy) is 4. The highest BCUT2D eigenvalue weighted by molar-refractivity contribution is 7.86. The smallest absolute Gasteiger partial charge is 0.422 e. The van der Waals surface area contributed by atoms with E-state index in [1.165, 1.54) is 17.0 Å². The van der Waals surface area contributed by atoms with Gasteiger partial charge in [-0.2, -0.15) is 16.8 Å². The predicted molar refractivity (Wildman–Crippen MR) is 167 cm³/mol. The molecular weight excluding hydrogens is 650 g/mol. The molecule has 0 aliphatic carbocycles. The number of nitrogens with one attached hydrogen (secondary N) is 1. The zero-order chi connectivity index (χ0) is 34.8. The summed E-state index contributed by atoms with van der Waals surface area (Å²) in [5, 5.41) is 6.04. The summed E-state index contributed by atoms with van der Waals surface area (Å²) in [4.78, 5) is 29.3. The van der Waals surface area contributed by atoms with E-state index in [4.69, 9.17) is 33.6 Å². The number of nitrogens with zero attached hydrogens (tertiary/aromatic N) is 4. The summed E-state index contributed by atoms with van der Waals surface area (Å²) in [5.41, 5.74) is 7.70. The van der Waals surface area contributed by atoms with Crippen LogP contribution in [0.25, 0.3) is 10.4 Å². The lowest BCUT2D eigenvalue weighted by atomic mass is 10.1. The average Bonchev–Trinajstić information content (AvgIpc) is 2.93. The Labute approximate surface area is 269 Å². The average molecular weight is 692 g/mol. The molecule has 0 radical (unpaired) electrons. The number of amides is 2. The third-order valence-corrected chi connectivity index (χ3v) is 6.92. The van der Waals surface area contributed by atoms with Gasteiger partial charge in [0.15, 0.2) is 11.5 Å². The fraction of sp³-hybridized carbons (Fsp3) is 0.630. The third kappa shape index (κ3) is 18.1. The molecule has 46 heavy (non-hydrogen) atoms. The van der Waals surface area contributed by atoms with Crippen molar-refractivity contribution in [3.8, 4) is 29.2 Å². The van der Waals surface area contributed by atoms with E-state index in [9.17, 15) is 26.4 Å². The molecule has 3 N–H and O–H groups in total. The third-order valence-electron chi connectivity index (χ3n) is 5.31. The molecule has 0 fully saturated rings. The molecule has 1 aromatic carbocycles. The van der Waals surface area contributed by atoms with Crippen LogP contribution in [0.15, 0.2) is 17.2 Å². The van der Waals surface area contributed by atoms with Gasteiger partial charge in [0.2, 0.25) is 5.75 Å². The van der Waals surface area contributed by atoms with Crippen molar-refractivity contribution >= 4 is 32.2 Å². The molecule has 19 heteroatoms. The highest BCUT2D eigenvalue weighted by Crippen LogP contribution is 2.39. The van der Waals surface area contributed by atoms with Gasteiger partial charge in [0.25, 0.3) is 26.1 Å². The normalized spacial score (nSPS) is 11.3. The largest absolute Gasteiger partial charge is 0.489 e. The second-order valence-electron chi connectivity index (χ2n) is 10.5. The summed E-state index contributed by atoms with van der Waals surface area (Å²) in [5.74, 6) is 0.831. The van der Waals surface area contributed by atoms with Crippen LogP contribution in [0.3, 0.4) is 0 Å². The highest BCUT2D eigenvalue weighted by atomic mass is 32.2. The lowest BCUT2D eigenvalue weighted by Crippen LogP contribution is -2.35. The Hall–Kier alpha value is -3.95. The minimum absolute atomic E-state index is 0.0102. The van der Waals surface area contributed by atoms with Crippen molar-refractivity contribution < 1.29 is 54.5 Å². The first-order valence-electron chi connectivity index (χ1n) is 14.1. The van der Waals surface area contributed by atoms with E-state index in [-0.39, 0.29) is 81.5 Å². The summed E-state index contributed by atoms with van der Waals surface area (Å²) in [7, 11) is -8.53. The van der Waals surface area contributed by atoms with Gasteiger partial charge in [-0.15, -0.1) is 0 Å². The molecule has 0 aliphatic rings. The van der Waals surface area contributed by atoms with Crippen LogP contribution in [0.4, 0.5) is 4.79 Å². The van der Waals surface area contributed by atoms with Gasteiger partial charge in [0.1, 0.15) is 5.60 Å². The molecule has 1 aromatic rings. The lowest BCUT2D eigenvalue weighted by Gasteiger charge is -2.24. The second-order valence-corrected chi connectivity index (χ2v) is 13.7. The van der Waals surface area contributed by atoms with E-state index >= 15 is 0 Å². The van der Waals surface area contributed by atoms with Crippen molar-refractivity contribution in [3.05, 3.63) is 28.1 Å². The topological polar surface area (TPSA) is 244 Å². The maximum atomic E-state index is 12.9. The minimum atomic E-state index is -4.26. The zero-order valence-electron chi connectivity index (χ0n) is 26.2. The van der Waals surface area contributed by atoms with E-state index in [0.717, 1.165) is 0 Å². The quantitative estimate of drug-likeness (QED) is 0.0339. The molecular formula is C27H41N5O12S2. The van der Waals surface area contributed by atoms with Crippen molar-refractivity contribution in [2.45, 2.75) is 59.0 Å². The molecule has 0 bridgehead atoms. The molecule has 0 aromatic heterocycles. The standard InChI is InChI=1S/C27H41N5O12S2/c1-5-12-32(26(34)44-27(2,3)4)13-7-14-43-24-22(41-15-8-17-45(35,36)37)19-21(25(33)29-10-6-11-30-31-28)20-23(24)42-16-9-18-46(38,39)40/h19-20H,6-11,13-18H2,1-4H3,(H,29,33)(H,35,36,37)(H,38,39,40). The van der Waals surface area contributed by atoms with Gasteiger partial charge < -0.3 is 24.3 Å². The SMILES string of the molecule is CC#CN(CCCOc1c(OCCCS(=O)(=O)O)cc(C(=O)NCCCN=[N+]=[N-])cc1OCCCS(=O)(=O)O)C(=O)OC(C)(C)C. The molecule has 0 heterocycles. The fourth-order valence-electron chi connectivity index (χ4n) is 3.45. The van der Waals surface area contributed by atoms with Crippen LogP contribution in [-0.2, 0) is 25.0 Å². The van der Waals surface area contributed by atoms with Crippen molar-refractivity contribution in [1.29, 1.82) is 0 Å². The van der Waals surface area contributed by atoms with E-state index in [1.807, 2.05) is 0 Å². The lowest BCUT2D eigenvalue weighted by molar-refractivity contribution is 0.0346. The molecule has 17 nitrogen and oxygen atoms in total. The molecule has 0 saturated carbocycles. The molecule has 0 aliphatic heterocycles. The fourth-order valence-corrected chi connectivity index (χ4v) is 4.42. The van der Waals surface area contributed by atoms with E-state index < -0.39 is 49.3 Å². The monoisotopic (exact) mass is 691 g/mol. The van der Waals surface area contributed by atoms with Crippen LogP contribution >= 0.6 is 0 Å². The second kappa shape index (κ2) is 19.5. The van der Waals surface area contributed by atoms with Crippen molar-refractivity contribution in [1.82, 2.24) is 10.2 Å². The van der Waals surface area contributed by atoms with Crippen LogP contribution < -0.4 is 19.5 Å². The summed E-state index contributed by atoms with van der Waals surface area (Å²) in [6.45, 7) is 6.68. The first-order valence-corrected chi connectivity index (χ1v) is 17.4. The number of hydrogen-bond acceptors (Lipinski definition) is 11. The van der Waals surface area contributed by atoms with Gasteiger partial charge in [0.05, 0.1) is 31.3 Å². The maximum absolute atomic E-state index is 12.9. The Morgan fingerprint density at radius 2 is 1.50 bits per heavy atom. The number of carbonyl (C=O) groups is 2. The van der Waals surface area contributed by atoms with E-state index in [2.05, 4.69) is 27.3 Å². The van der Waals surface area contributed by atoms with Gasteiger partial charge in [-0.1, -0.05) is 11.0 Å². The summed E-state index contributed by atoms with van der Waals surface area (Å²) in [6, 6.07) is 5.32. The Balaban J connectivity index is 3.30. The molecule has 258 valence electrons. The number of carbonyl (C=O) groups excluding carboxylic acids is 2. The Bertz CT molecular complexity index is 1430. The van der Waals surface area contributed by atoms with Crippen LogP contribution in [0.5, 0.6) is 17.2 Å². The first kappa shape index (κ1) is 40.1. The van der Waals surface area contributed by atoms with Crippen molar-refractivity contribution in [3.63, 3.8) is 0 Å². The number of benzene rings is 1. The van der Waals surface area contributed by atoms with Crippen LogP contribution in [0.2, 0.25) is 0 Å². The van der Waals surface area contributed by atoms with Crippen LogP contribution in [0, 0.1) is 12.0 Å². The van der Waals surface area contributed by atoms with Crippen molar-refractivity contribution in [2.24, 2.45) is 5.11 Å². The highest BCUT2D eigenvalue weighted by Gasteiger charge is 2.22. The van der Waals surface area contributed by atoms with Crippen LogP contribution in [0.1, 0.15) is 63.7 Å². The first-order chi connectivity index (χ1) is 21.5. The predicted octanol–water partition coefficient (Wildman–Crippen LogP) is 3.42. The summed E-state index contributed by atoms with van der Waals surface area (Å²) in [6.07, 6.45) is -0.274. The Kier molecular flexibility index (Phi) is 17.0. The molecule has 0 unspecified atom stereocenters. The Morgan fingerprint density at radius 3 is 1.98 bits per heavy atom. The Morgan fingerprint density at radius 1 is 0.957 bits per heavy atom. The van der Waals surface area contributed by atoms with E-state index in [0.29, 0.717) is 6.42 Å². The summed E-state index contributed by atoms with van der Waals surface area (Å²) < 4.78 is 85.5. The zero-order valence-corrected chi connectivity index (χ0v) is 27.9. The number of rotatable bonds is 20. The van der Waals surface area contributed by atoms with Gasteiger partial charge >= 0.3 is 6.09 Å². The number of azide groups is 1. The molecule has 0 saturated heterocycles. The van der Waals surface area contributed by atoms with Crippen LogP contribution in [-0.4, -0.2) is 99.4 Å². The molecule has 0 atom stereocenters. The number of hydrogen-bond donors (Lipinski definition) is 3. The summed E-state index contributed by atoms with van der Waals surface area (Å²) >= 11 is 0.